The Morgan fingerprint density at radius 1 is 1.16 bits per heavy atom. The van der Waals surface area contributed by atoms with Gasteiger partial charge in [-0.05, 0) is 58.0 Å². The lowest BCUT2D eigenvalue weighted by Crippen LogP contribution is -2.62. The number of benzene rings is 1. The van der Waals surface area contributed by atoms with E-state index < -0.39 is 5.60 Å². The average molecular weight is 339 g/mol. The molecule has 25 heavy (non-hydrogen) atoms. The first-order valence-corrected chi connectivity index (χ1v) is 9.64. The molecule has 2 aromatic rings. The van der Waals surface area contributed by atoms with Crippen molar-refractivity contribution in [2.45, 2.75) is 50.3 Å². The number of pyridine rings is 1. The highest BCUT2D eigenvalue weighted by Crippen LogP contribution is 2.34. The van der Waals surface area contributed by atoms with Crippen molar-refractivity contribution in [1.82, 2.24) is 14.8 Å². The maximum absolute atomic E-state index is 11.4. The van der Waals surface area contributed by atoms with Crippen LogP contribution in [-0.4, -0.2) is 58.2 Å². The van der Waals surface area contributed by atoms with E-state index in [2.05, 4.69) is 41.1 Å². The minimum Gasteiger partial charge on any atom is -0.387 e. The molecule has 1 aromatic carbocycles. The third kappa shape index (κ3) is 3.57. The van der Waals surface area contributed by atoms with E-state index >= 15 is 0 Å². The Hall–Kier alpha value is -1.49. The maximum atomic E-state index is 11.4. The fraction of sp³-hybridized carbons (Fsp3) is 0.571. The Labute approximate surface area is 150 Å². The highest BCUT2D eigenvalue weighted by atomic mass is 16.3. The number of hydrogen-bond acceptors (Lipinski definition) is 4. The number of aromatic nitrogens is 1. The topological polar surface area (TPSA) is 39.6 Å². The molecule has 2 fully saturated rings. The molecule has 0 bridgehead atoms. The highest BCUT2D eigenvalue weighted by Gasteiger charge is 2.44. The number of rotatable bonds is 4. The molecule has 0 amide bonds. The summed E-state index contributed by atoms with van der Waals surface area (Å²) in [6, 6.07) is 12.8. The third-order valence-electron chi connectivity index (χ3n) is 5.92. The summed E-state index contributed by atoms with van der Waals surface area (Å²) in [5.41, 5.74) is 1.54. The second-order valence-corrected chi connectivity index (χ2v) is 7.92. The first-order chi connectivity index (χ1) is 12.1. The Bertz CT molecular complexity index is 732. The molecule has 0 unspecified atom stereocenters. The zero-order valence-electron chi connectivity index (χ0n) is 15.2. The van der Waals surface area contributed by atoms with Crippen molar-refractivity contribution in [2.24, 2.45) is 0 Å². The molecule has 0 aliphatic carbocycles. The van der Waals surface area contributed by atoms with E-state index in [1.54, 1.807) is 0 Å². The standard InChI is InChI=1S/C21H29N3O/c1-23(15-18-11-10-17-7-2-3-8-19(17)22-18)16-21(25)12-6-14-24-13-5-4-9-20(21)24/h2-3,7-8,10-11,20,25H,4-6,9,12-16H2,1H3/t20-,21-/m1/s1. The minimum atomic E-state index is -0.579. The monoisotopic (exact) mass is 339 g/mol. The molecule has 1 N–H and O–H groups in total. The number of likely N-dealkylation sites (N-methyl/N-ethyl adjacent to an activating group) is 1. The number of aliphatic hydroxyl groups is 1. The van der Waals surface area contributed by atoms with E-state index in [9.17, 15) is 5.11 Å². The van der Waals surface area contributed by atoms with Crippen LogP contribution in [-0.2, 0) is 6.54 Å². The summed E-state index contributed by atoms with van der Waals surface area (Å²) < 4.78 is 0. The summed E-state index contributed by atoms with van der Waals surface area (Å²) in [6.07, 6.45) is 5.69. The lowest BCUT2D eigenvalue weighted by Gasteiger charge is -2.50. The lowest BCUT2D eigenvalue weighted by atomic mass is 9.79. The van der Waals surface area contributed by atoms with Crippen LogP contribution in [0.1, 0.15) is 37.8 Å². The van der Waals surface area contributed by atoms with Crippen LogP contribution < -0.4 is 0 Å². The summed E-state index contributed by atoms with van der Waals surface area (Å²) in [7, 11) is 2.11. The number of fused-ring (bicyclic) bond motifs is 2. The fourth-order valence-electron chi connectivity index (χ4n) is 4.80. The van der Waals surface area contributed by atoms with E-state index in [4.69, 9.17) is 4.98 Å². The predicted molar refractivity (Wildman–Crippen MR) is 101 cm³/mol. The quantitative estimate of drug-likeness (QED) is 0.929. The normalized spacial score (nSPS) is 27.6. The van der Waals surface area contributed by atoms with Crippen molar-refractivity contribution in [1.29, 1.82) is 0 Å². The minimum absolute atomic E-state index is 0.335. The SMILES string of the molecule is CN(Cc1ccc2ccccc2n1)C[C@]1(O)CCCN2CCCC[C@@H]21. The Morgan fingerprint density at radius 3 is 2.92 bits per heavy atom. The van der Waals surface area contributed by atoms with Crippen molar-refractivity contribution in [3.8, 4) is 0 Å². The molecule has 1 aromatic heterocycles. The molecule has 4 nitrogen and oxygen atoms in total. The van der Waals surface area contributed by atoms with Gasteiger partial charge in [0.25, 0.3) is 0 Å². The Balaban J connectivity index is 1.45. The van der Waals surface area contributed by atoms with E-state index in [1.807, 2.05) is 12.1 Å². The summed E-state index contributed by atoms with van der Waals surface area (Å²) in [6.45, 7) is 3.81. The van der Waals surface area contributed by atoms with Gasteiger partial charge in [0, 0.05) is 24.5 Å². The van der Waals surface area contributed by atoms with Crippen LogP contribution in [0, 0.1) is 0 Å². The van der Waals surface area contributed by atoms with Gasteiger partial charge in [-0.15, -0.1) is 0 Å². The molecule has 2 aliphatic heterocycles. The van der Waals surface area contributed by atoms with Crippen molar-refractivity contribution in [2.75, 3.05) is 26.7 Å². The van der Waals surface area contributed by atoms with E-state index in [0.29, 0.717) is 6.04 Å². The van der Waals surface area contributed by atoms with Gasteiger partial charge < -0.3 is 5.11 Å². The molecular formula is C21H29N3O. The average Bonchev–Trinajstić information content (AvgIpc) is 2.62. The van der Waals surface area contributed by atoms with Crippen LogP contribution in [0.2, 0.25) is 0 Å². The Morgan fingerprint density at radius 2 is 2.00 bits per heavy atom. The first-order valence-electron chi connectivity index (χ1n) is 9.64. The van der Waals surface area contributed by atoms with E-state index in [1.165, 1.54) is 18.2 Å². The lowest BCUT2D eigenvalue weighted by molar-refractivity contribution is -0.107. The molecule has 2 saturated heterocycles. The summed E-state index contributed by atoms with van der Waals surface area (Å²) in [5.74, 6) is 0. The molecule has 0 radical (unpaired) electrons. The van der Waals surface area contributed by atoms with Crippen LogP contribution in [0.15, 0.2) is 36.4 Å². The molecule has 2 aliphatic rings. The molecule has 4 rings (SSSR count). The van der Waals surface area contributed by atoms with Gasteiger partial charge in [-0.1, -0.05) is 30.7 Å². The van der Waals surface area contributed by atoms with Gasteiger partial charge in [0.1, 0.15) is 0 Å². The van der Waals surface area contributed by atoms with Crippen molar-refractivity contribution in [3.63, 3.8) is 0 Å². The zero-order valence-corrected chi connectivity index (χ0v) is 15.2. The van der Waals surface area contributed by atoms with Gasteiger partial charge in [0.2, 0.25) is 0 Å². The van der Waals surface area contributed by atoms with Gasteiger partial charge >= 0.3 is 0 Å². The van der Waals surface area contributed by atoms with Gasteiger partial charge in [-0.25, -0.2) is 0 Å². The summed E-state index contributed by atoms with van der Waals surface area (Å²) in [4.78, 5) is 9.55. The van der Waals surface area contributed by atoms with Crippen molar-refractivity contribution in [3.05, 3.63) is 42.1 Å². The smallest absolute Gasteiger partial charge is 0.0928 e. The molecular weight excluding hydrogens is 310 g/mol. The zero-order chi connectivity index (χ0) is 17.3. The second kappa shape index (κ2) is 7.02. The van der Waals surface area contributed by atoms with Crippen molar-refractivity contribution >= 4 is 10.9 Å². The van der Waals surface area contributed by atoms with Crippen LogP contribution in [0.25, 0.3) is 10.9 Å². The molecule has 3 heterocycles. The number of nitrogens with zero attached hydrogens (tertiary/aromatic N) is 3. The van der Waals surface area contributed by atoms with E-state index in [-0.39, 0.29) is 0 Å². The van der Waals surface area contributed by atoms with Crippen LogP contribution in [0.5, 0.6) is 0 Å². The van der Waals surface area contributed by atoms with Gasteiger partial charge in [-0.3, -0.25) is 14.8 Å². The molecule has 0 saturated carbocycles. The molecule has 4 heteroatoms. The summed E-state index contributed by atoms with van der Waals surface area (Å²) >= 11 is 0. The third-order valence-corrected chi connectivity index (χ3v) is 5.92. The summed E-state index contributed by atoms with van der Waals surface area (Å²) in [5, 5.41) is 12.6. The number of piperidine rings is 2. The predicted octanol–water partition coefficient (Wildman–Crippen LogP) is 3.05. The highest BCUT2D eigenvalue weighted by molar-refractivity contribution is 5.78. The molecule has 0 spiro atoms. The van der Waals surface area contributed by atoms with Crippen LogP contribution in [0.4, 0.5) is 0 Å². The fourth-order valence-corrected chi connectivity index (χ4v) is 4.80. The van der Waals surface area contributed by atoms with Gasteiger partial charge in [0.05, 0.1) is 16.8 Å². The largest absolute Gasteiger partial charge is 0.387 e. The first kappa shape index (κ1) is 17.0. The number of para-hydroxylation sites is 1. The second-order valence-electron chi connectivity index (χ2n) is 7.92. The maximum Gasteiger partial charge on any atom is 0.0928 e. The van der Waals surface area contributed by atoms with Crippen LogP contribution >= 0.6 is 0 Å². The Kier molecular flexibility index (Phi) is 4.76. The molecule has 2 atom stereocenters. The number of hydrogen-bond donors (Lipinski definition) is 1. The molecule has 134 valence electrons. The van der Waals surface area contributed by atoms with Gasteiger partial charge in [-0.2, -0.15) is 0 Å². The van der Waals surface area contributed by atoms with Crippen molar-refractivity contribution < 1.29 is 5.11 Å². The van der Waals surface area contributed by atoms with E-state index in [0.717, 1.165) is 56.7 Å². The van der Waals surface area contributed by atoms with Crippen LogP contribution in [0.3, 0.4) is 0 Å². The van der Waals surface area contributed by atoms with Gasteiger partial charge in [0.15, 0.2) is 0 Å².